The average molecular weight is 357 g/mol. The van der Waals surface area contributed by atoms with E-state index in [4.69, 9.17) is 15.7 Å². The maximum atomic E-state index is 13.0. The zero-order valence-corrected chi connectivity index (χ0v) is 12.0. The van der Waals surface area contributed by atoms with Gasteiger partial charge in [-0.05, 0) is 46.3 Å². The van der Waals surface area contributed by atoms with E-state index in [1.165, 1.54) is 12.1 Å². The van der Waals surface area contributed by atoms with Gasteiger partial charge < -0.3 is 10.5 Å². The van der Waals surface area contributed by atoms with Gasteiger partial charge in [-0.25, -0.2) is 0 Å². The average Bonchev–Trinajstić information content (AvgIpc) is 2.40. The molecule has 0 bridgehead atoms. The first-order valence-electron chi connectivity index (χ1n) is 5.66. The molecule has 0 saturated carbocycles. The van der Waals surface area contributed by atoms with Gasteiger partial charge in [0.1, 0.15) is 28.7 Å². The molecule has 0 aromatic heterocycles. The molecule has 21 heavy (non-hydrogen) atoms. The van der Waals surface area contributed by atoms with Crippen molar-refractivity contribution in [2.45, 2.75) is 6.18 Å². The highest BCUT2D eigenvalue weighted by Gasteiger charge is 2.35. The van der Waals surface area contributed by atoms with Gasteiger partial charge in [-0.15, -0.1) is 0 Å². The largest absolute Gasteiger partial charge is 0.455 e. The van der Waals surface area contributed by atoms with Crippen LogP contribution in [0.4, 0.5) is 18.9 Å². The first kappa shape index (κ1) is 15.2. The van der Waals surface area contributed by atoms with E-state index in [1.54, 1.807) is 12.1 Å². The molecule has 2 aromatic rings. The van der Waals surface area contributed by atoms with Gasteiger partial charge in [-0.2, -0.15) is 18.4 Å². The molecule has 0 fully saturated rings. The Morgan fingerprint density at radius 2 is 1.86 bits per heavy atom. The molecule has 0 heterocycles. The van der Waals surface area contributed by atoms with Crippen molar-refractivity contribution in [3.05, 3.63) is 52.0 Å². The normalized spacial score (nSPS) is 11.0. The van der Waals surface area contributed by atoms with E-state index in [2.05, 4.69) is 15.9 Å². The molecule has 0 atom stereocenters. The second kappa shape index (κ2) is 5.66. The summed E-state index contributed by atoms with van der Waals surface area (Å²) in [6.45, 7) is 0. The Balaban J connectivity index is 2.51. The Hall–Kier alpha value is -2.20. The lowest BCUT2D eigenvalue weighted by molar-refractivity contribution is -0.138. The fourth-order valence-corrected chi connectivity index (χ4v) is 2.11. The summed E-state index contributed by atoms with van der Waals surface area (Å²) in [5.74, 6) is -0.381. The van der Waals surface area contributed by atoms with Crippen molar-refractivity contribution >= 4 is 21.6 Å². The summed E-state index contributed by atoms with van der Waals surface area (Å²) in [5, 5.41) is 9.05. The minimum absolute atomic E-state index is 0.0237. The number of nitriles is 1. The highest BCUT2D eigenvalue weighted by Crippen LogP contribution is 2.40. The van der Waals surface area contributed by atoms with E-state index in [0.29, 0.717) is 4.47 Å². The van der Waals surface area contributed by atoms with Gasteiger partial charge in [-0.1, -0.05) is 6.07 Å². The lowest BCUT2D eigenvalue weighted by Gasteiger charge is -2.15. The molecule has 0 aliphatic heterocycles. The van der Waals surface area contributed by atoms with Crippen LogP contribution >= 0.6 is 15.9 Å². The number of anilines is 1. The SMILES string of the molecule is N#Cc1c(Br)cccc1Oc1ccc(N)cc1C(F)(F)F. The number of benzene rings is 2. The monoisotopic (exact) mass is 356 g/mol. The highest BCUT2D eigenvalue weighted by molar-refractivity contribution is 9.10. The van der Waals surface area contributed by atoms with Crippen LogP contribution in [0.3, 0.4) is 0 Å². The lowest BCUT2D eigenvalue weighted by atomic mass is 10.1. The first-order chi connectivity index (χ1) is 9.82. The van der Waals surface area contributed by atoms with Crippen LogP contribution in [0.15, 0.2) is 40.9 Å². The Labute approximate surface area is 126 Å². The van der Waals surface area contributed by atoms with Crippen LogP contribution in [0.25, 0.3) is 0 Å². The molecule has 0 aliphatic carbocycles. The third-order valence-electron chi connectivity index (χ3n) is 2.62. The molecule has 0 spiro atoms. The molecular weight excluding hydrogens is 349 g/mol. The quantitative estimate of drug-likeness (QED) is 0.792. The third kappa shape index (κ3) is 3.28. The van der Waals surface area contributed by atoms with Gasteiger partial charge in [0.15, 0.2) is 0 Å². The van der Waals surface area contributed by atoms with Gasteiger partial charge in [0, 0.05) is 10.2 Å². The predicted octanol–water partition coefficient (Wildman–Crippen LogP) is 4.71. The van der Waals surface area contributed by atoms with Crippen molar-refractivity contribution in [3.63, 3.8) is 0 Å². The van der Waals surface area contributed by atoms with Crippen LogP contribution in [0.5, 0.6) is 11.5 Å². The molecule has 2 aromatic carbocycles. The number of ether oxygens (including phenoxy) is 1. The molecule has 2 N–H and O–H groups in total. The maximum Gasteiger partial charge on any atom is 0.420 e. The van der Waals surface area contributed by atoms with E-state index in [1.807, 2.05) is 6.07 Å². The van der Waals surface area contributed by atoms with E-state index >= 15 is 0 Å². The first-order valence-corrected chi connectivity index (χ1v) is 6.45. The second-order valence-corrected chi connectivity index (χ2v) is 4.93. The van der Waals surface area contributed by atoms with Crippen molar-refractivity contribution in [2.75, 3.05) is 5.73 Å². The fraction of sp³-hybridized carbons (Fsp3) is 0.0714. The summed E-state index contributed by atoms with van der Waals surface area (Å²) >= 11 is 3.15. The number of halogens is 4. The van der Waals surface area contributed by atoms with Gasteiger partial charge in [0.25, 0.3) is 0 Å². The molecule has 2 rings (SSSR count). The second-order valence-electron chi connectivity index (χ2n) is 4.08. The molecule has 0 aliphatic rings. The number of rotatable bonds is 2. The summed E-state index contributed by atoms with van der Waals surface area (Å²) in [6.07, 6.45) is -4.61. The van der Waals surface area contributed by atoms with Crippen molar-refractivity contribution in [3.8, 4) is 17.6 Å². The predicted molar refractivity (Wildman–Crippen MR) is 74.8 cm³/mol. The van der Waals surface area contributed by atoms with E-state index in [-0.39, 0.29) is 17.0 Å². The fourth-order valence-electron chi connectivity index (χ4n) is 1.67. The molecule has 0 saturated heterocycles. The van der Waals surface area contributed by atoms with E-state index < -0.39 is 17.5 Å². The Morgan fingerprint density at radius 1 is 1.14 bits per heavy atom. The van der Waals surface area contributed by atoms with Crippen molar-refractivity contribution in [1.29, 1.82) is 5.26 Å². The maximum absolute atomic E-state index is 13.0. The van der Waals surface area contributed by atoms with Crippen LogP contribution in [-0.4, -0.2) is 0 Å². The summed E-state index contributed by atoms with van der Waals surface area (Å²) in [6, 6.07) is 9.67. The third-order valence-corrected chi connectivity index (χ3v) is 3.28. The number of hydrogen-bond donors (Lipinski definition) is 1. The van der Waals surface area contributed by atoms with Crippen molar-refractivity contribution in [1.82, 2.24) is 0 Å². The molecule has 108 valence electrons. The number of hydrogen-bond acceptors (Lipinski definition) is 3. The van der Waals surface area contributed by atoms with Gasteiger partial charge in [0.2, 0.25) is 0 Å². The van der Waals surface area contributed by atoms with Gasteiger partial charge in [0.05, 0.1) is 0 Å². The topological polar surface area (TPSA) is 59.0 Å². The Kier molecular flexibility index (Phi) is 4.09. The van der Waals surface area contributed by atoms with Crippen LogP contribution < -0.4 is 10.5 Å². The smallest absolute Gasteiger partial charge is 0.420 e. The van der Waals surface area contributed by atoms with Crippen LogP contribution in [0.1, 0.15) is 11.1 Å². The van der Waals surface area contributed by atoms with Crippen LogP contribution in [0, 0.1) is 11.3 Å². The highest BCUT2D eigenvalue weighted by atomic mass is 79.9. The summed E-state index contributed by atoms with van der Waals surface area (Å²) in [5.41, 5.74) is 4.48. The summed E-state index contributed by atoms with van der Waals surface area (Å²) in [4.78, 5) is 0. The molecule has 3 nitrogen and oxygen atoms in total. The minimum Gasteiger partial charge on any atom is -0.455 e. The van der Waals surface area contributed by atoms with Crippen LogP contribution in [-0.2, 0) is 6.18 Å². The standard InChI is InChI=1S/C14H8BrF3N2O/c15-11-2-1-3-12(9(11)7-19)21-13-5-4-8(20)6-10(13)14(16,17)18/h1-6H,20H2. The van der Waals surface area contributed by atoms with E-state index in [9.17, 15) is 13.2 Å². The summed E-state index contributed by atoms with van der Waals surface area (Å²) < 4.78 is 44.7. The minimum atomic E-state index is -4.61. The zero-order valence-electron chi connectivity index (χ0n) is 10.4. The molecule has 0 amide bonds. The van der Waals surface area contributed by atoms with Crippen molar-refractivity contribution in [2.24, 2.45) is 0 Å². The zero-order chi connectivity index (χ0) is 15.6. The van der Waals surface area contributed by atoms with Crippen LogP contribution in [0.2, 0.25) is 0 Å². The number of alkyl halides is 3. The molecule has 0 unspecified atom stereocenters. The number of nitrogen functional groups attached to an aromatic ring is 1. The van der Waals surface area contributed by atoms with Gasteiger partial charge >= 0.3 is 6.18 Å². The van der Waals surface area contributed by atoms with Crippen molar-refractivity contribution < 1.29 is 17.9 Å². The van der Waals surface area contributed by atoms with Gasteiger partial charge in [-0.3, -0.25) is 0 Å². The number of nitrogens with zero attached hydrogens (tertiary/aromatic N) is 1. The molecule has 7 heteroatoms. The number of nitrogens with two attached hydrogens (primary N) is 1. The van der Waals surface area contributed by atoms with E-state index in [0.717, 1.165) is 12.1 Å². The molecule has 0 radical (unpaired) electrons. The Morgan fingerprint density at radius 3 is 2.48 bits per heavy atom. The Bertz CT molecular complexity index is 723. The summed E-state index contributed by atoms with van der Waals surface area (Å²) in [7, 11) is 0. The lowest BCUT2D eigenvalue weighted by Crippen LogP contribution is -2.08. The molecular formula is C14H8BrF3N2O.